The lowest BCUT2D eigenvalue weighted by atomic mass is 9.86. The highest BCUT2D eigenvalue weighted by Crippen LogP contribution is 2.23. The number of thiazole rings is 1. The summed E-state index contributed by atoms with van der Waals surface area (Å²) in [4.78, 5) is 16.1. The van der Waals surface area contributed by atoms with Crippen molar-refractivity contribution in [3.05, 3.63) is 51.5 Å². The number of halogens is 1. The summed E-state index contributed by atoms with van der Waals surface area (Å²) in [5.74, 6) is -0.300. The number of hydrogen-bond acceptors (Lipinski definition) is 5. The van der Waals surface area contributed by atoms with Crippen LogP contribution in [0.3, 0.4) is 0 Å². The third kappa shape index (κ3) is 5.27. The van der Waals surface area contributed by atoms with Crippen LogP contribution in [-0.2, 0) is 12.0 Å². The highest BCUT2D eigenvalue weighted by Gasteiger charge is 2.16. The molecule has 0 saturated heterocycles. The molecule has 0 aliphatic rings. The number of carbonyl (C=O) groups excluding carboxylic acids is 1. The van der Waals surface area contributed by atoms with Crippen molar-refractivity contribution in [2.75, 3.05) is 6.54 Å². The molecule has 1 aromatic carbocycles. The second-order valence-corrected chi connectivity index (χ2v) is 7.37. The third-order valence-electron chi connectivity index (χ3n) is 3.58. The van der Waals surface area contributed by atoms with Gasteiger partial charge in [-0.1, -0.05) is 45.0 Å². The molecule has 1 atom stereocenters. The summed E-state index contributed by atoms with van der Waals surface area (Å²) in [6.07, 6.45) is -0.749. The standard InChI is InChI=1S/C17H23N3O2S.ClH/c1-17(2,3)12-6-4-11(5-7-12)14(21)9-19-16(22)13-10-23-15(8-18)20-13;/h4-7,10,14,21H,8-9,18H2,1-3H3,(H,19,22);1H. The van der Waals surface area contributed by atoms with Crippen LogP contribution in [0.5, 0.6) is 0 Å². The Hall–Kier alpha value is -1.47. The van der Waals surface area contributed by atoms with Crippen LogP contribution >= 0.6 is 23.7 Å². The number of amides is 1. The monoisotopic (exact) mass is 369 g/mol. The van der Waals surface area contributed by atoms with Crippen LogP contribution < -0.4 is 11.1 Å². The summed E-state index contributed by atoms with van der Waals surface area (Å²) in [5, 5.41) is 15.3. The first-order valence-electron chi connectivity index (χ1n) is 7.52. The van der Waals surface area contributed by atoms with Gasteiger partial charge >= 0.3 is 0 Å². The fraction of sp³-hybridized carbons (Fsp3) is 0.412. The van der Waals surface area contributed by atoms with Gasteiger partial charge in [-0.25, -0.2) is 4.98 Å². The lowest BCUT2D eigenvalue weighted by Gasteiger charge is -2.20. The molecule has 4 N–H and O–H groups in total. The van der Waals surface area contributed by atoms with Gasteiger partial charge in [0, 0.05) is 18.5 Å². The molecule has 2 rings (SSSR count). The third-order valence-corrected chi connectivity index (χ3v) is 4.45. The summed E-state index contributed by atoms with van der Waals surface area (Å²) in [6.45, 7) is 6.89. The van der Waals surface area contributed by atoms with Gasteiger partial charge in [0.05, 0.1) is 6.10 Å². The topological polar surface area (TPSA) is 88.2 Å². The number of nitrogens with two attached hydrogens (primary N) is 1. The molecule has 1 unspecified atom stereocenters. The normalized spacial score (nSPS) is 12.4. The molecule has 0 aliphatic heterocycles. The maximum atomic E-state index is 12.0. The molecule has 0 aliphatic carbocycles. The zero-order chi connectivity index (χ0) is 17.0. The van der Waals surface area contributed by atoms with Crippen molar-refractivity contribution in [2.45, 2.75) is 38.8 Å². The lowest BCUT2D eigenvalue weighted by molar-refractivity contribution is 0.0912. The van der Waals surface area contributed by atoms with Crippen molar-refractivity contribution >= 4 is 29.7 Å². The lowest BCUT2D eigenvalue weighted by Crippen LogP contribution is -2.28. The second-order valence-electron chi connectivity index (χ2n) is 6.43. The van der Waals surface area contributed by atoms with Crippen LogP contribution in [0.25, 0.3) is 0 Å². The Bertz CT molecular complexity index is 665. The summed E-state index contributed by atoms with van der Waals surface area (Å²) < 4.78 is 0. The Morgan fingerprint density at radius 3 is 2.46 bits per heavy atom. The Balaban J connectivity index is 0.00000288. The predicted octanol–water partition coefficient (Wildman–Crippen LogP) is 2.78. The van der Waals surface area contributed by atoms with Crippen molar-refractivity contribution < 1.29 is 9.90 Å². The largest absolute Gasteiger partial charge is 0.387 e. The molecular formula is C17H24ClN3O2S. The minimum absolute atomic E-state index is 0. The van der Waals surface area contributed by atoms with Crippen molar-refractivity contribution in [2.24, 2.45) is 5.73 Å². The fourth-order valence-electron chi connectivity index (χ4n) is 2.11. The van der Waals surface area contributed by atoms with E-state index in [0.717, 1.165) is 5.56 Å². The molecule has 132 valence electrons. The molecule has 0 fully saturated rings. The molecule has 1 heterocycles. The fourth-order valence-corrected chi connectivity index (χ4v) is 2.77. The zero-order valence-corrected chi connectivity index (χ0v) is 15.7. The van der Waals surface area contributed by atoms with Crippen LogP contribution in [0, 0.1) is 0 Å². The van der Waals surface area contributed by atoms with Gasteiger partial charge in [-0.3, -0.25) is 4.79 Å². The van der Waals surface area contributed by atoms with Crippen LogP contribution in [-0.4, -0.2) is 22.5 Å². The number of carbonyl (C=O) groups is 1. The maximum absolute atomic E-state index is 12.0. The van der Waals surface area contributed by atoms with E-state index in [1.54, 1.807) is 5.38 Å². The number of aliphatic hydroxyl groups excluding tert-OH is 1. The van der Waals surface area contributed by atoms with E-state index in [0.29, 0.717) is 17.2 Å². The number of benzene rings is 1. The summed E-state index contributed by atoms with van der Waals surface area (Å²) >= 11 is 1.35. The van der Waals surface area contributed by atoms with Crippen LogP contribution in [0.15, 0.2) is 29.6 Å². The van der Waals surface area contributed by atoms with E-state index in [2.05, 4.69) is 31.1 Å². The second kappa shape index (κ2) is 8.58. The van der Waals surface area contributed by atoms with Gasteiger partial charge in [-0.05, 0) is 16.5 Å². The molecule has 0 radical (unpaired) electrons. The SMILES string of the molecule is CC(C)(C)c1ccc(C(O)CNC(=O)c2csc(CN)n2)cc1.Cl. The van der Waals surface area contributed by atoms with Crippen LogP contribution in [0.4, 0.5) is 0 Å². The van der Waals surface area contributed by atoms with E-state index in [1.807, 2.05) is 24.3 Å². The number of aliphatic hydroxyl groups is 1. The summed E-state index contributed by atoms with van der Waals surface area (Å²) in [7, 11) is 0. The summed E-state index contributed by atoms with van der Waals surface area (Å²) in [5.41, 5.74) is 7.87. The van der Waals surface area contributed by atoms with Crippen molar-refractivity contribution in [1.29, 1.82) is 0 Å². The van der Waals surface area contributed by atoms with Gasteiger partial charge in [-0.15, -0.1) is 23.7 Å². The Morgan fingerprint density at radius 1 is 1.33 bits per heavy atom. The molecule has 0 saturated carbocycles. The van der Waals surface area contributed by atoms with E-state index < -0.39 is 6.10 Å². The minimum atomic E-state index is -0.749. The van der Waals surface area contributed by atoms with Gasteiger partial charge in [0.15, 0.2) is 0 Å². The van der Waals surface area contributed by atoms with Crippen LogP contribution in [0.2, 0.25) is 0 Å². The number of rotatable bonds is 5. The first-order chi connectivity index (χ1) is 10.8. The van der Waals surface area contributed by atoms with Gasteiger partial charge < -0.3 is 16.2 Å². The Labute approximate surface area is 152 Å². The Morgan fingerprint density at radius 2 is 1.96 bits per heavy atom. The molecule has 2 aromatic rings. The van der Waals surface area contributed by atoms with E-state index in [1.165, 1.54) is 16.9 Å². The zero-order valence-electron chi connectivity index (χ0n) is 14.1. The summed E-state index contributed by atoms with van der Waals surface area (Å²) in [6, 6.07) is 7.81. The van der Waals surface area contributed by atoms with Crippen molar-refractivity contribution in [3.8, 4) is 0 Å². The molecular weight excluding hydrogens is 346 g/mol. The molecule has 24 heavy (non-hydrogen) atoms. The Kier molecular flexibility index (Phi) is 7.35. The average molecular weight is 370 g/mol. The van der Waals surface area contributed by atoms with Gasteiger partial charge in [0.1, 0.15) is 10.7 Å². The van der Waals surface area contributed by atoms with Crippen LogP contribution in [0.1, 0.15) is 53.5 Å². The smallest absolute Gasteiger partial charge is 0.270 e. The first kappa shape index (κ1) is 20.6. The quantitative estimate of drug-likeness (QED) is 0.756. The van der Waals surface area contributed by atoms with E-state index in [-0.39, 0.29) is 30.3 Å². The number of nitrogens with one attached hydrogen (secondary N) is 1. The van der Waals surface area contributed by atoms with E-state index >= 15 is 0 Å². The van der Waals surface area contributed by atoms with Crippen molar-refractivity contribution in [1.82, 2.24) is 10.3 Å². The molecule has 0 bridgehead atoms. The molecule has 1 aromatic heterocycles. The number of aromatic nitrogens is 1. The minimum Gasteiger partial charge on any atom is -0.387 e. The number of nitrogens with zero attached hydrogens (tertiary/aromatic N) is 1. The van der Waals surface area contributed by atoms with Gasteiger partial charge in [0.25, 0.3) is 5.91 Å². The number of hydrogen-bond donors (Lipinski definition) is 3. The average Bonchev–Trinajstić information content (AvgIpc) is 3.00. The van der Waals surface area contributed by atoms with E-state index in [4.69, 9.17) is 5.73 Å². The molecule has 1 amide bonds. The highest BCUT2D eigenvalue weighted by atomic mass is 35.5. The highest BCUT2D eigenvalue weighted by molar-refractivity contribution is 7.09. The van der Waals surface area contributed by atoms with E-state index in [9.17, 15) is 9.90 Å². The van der Waals surface area contributed by atoms with Gasteiger partial charge in [-0.2, -0.15) is 0 Å². The molecule has 5 nitrogen and oxygen atoms in total. The molecule has 7 heteroatoms. The first-order valence-corrected chi connectivity index (χ1v) is 8.40. The predicted molar refractivity (Wildman–Crippen MR) is 99.7 cm³/mol. The molecule has 0 spiro atoms. The maximum Gasteiger partial charge on any atom is 0.270 e. The van der Waals surface area contributed by atoms with Crippen molar-refractivity contribution in [3.63, 3.8) is 0 Å². The van der Waals surface area contributed by atoms with Gasteiger partial charge in [0.2, 0.25) is 0 Å².